The van der Waals surface area contributed by atoms with Crippen molar-refractivity contribution in [3.05, 3.63) is 0 Å². The van der Waals surface area contributed by atoms with E-state index in [1.165, 1.54) is 0 Å². The molecule has 4 nitrogen and oxygen atoms in total. The second kappa shape index (κ2) is 6.21. The molecule has 1 rings (SSSR count). The van der Waals surface area contributed by atoms with Gasteiger partial charge in [-0.3, -0.25) is 4.79 Å². The minimum atomic E-state index is -0.212. The fourth-order valence-electron chi connectivity index (χ4n) is 2.00. The van der Waals surface area contributed by atoms with Crippen LogP contribution in [0.5, 0.6) is 0 Å². The van der Waals surface area contributed by atoms with Crippen LogP contribution in [-0.4, -0.2) is 42.6 Å². The summed E-state index contributed by atoms with van der Waals surface area (Å²) < 4.78 is 5.26. The van der Waals surface area contributed by atoms with E-state index in [1.807, 2.05) is 18.7 Å². The molecule has 0 saturated heterocycles. The number of carbonyl (C=O) groups excluding carboxylic acids is 1. The molecule has 2 N–H and O–H groups in total. The average molecular weight is 228 g/mol. The van der Waals surface area contributed by atoms with Gasteiger partial charge in [-0.25, -0.2) is 0 Å². The monoisotopic (exact) mass is 228 g/mol. The van der Waals surface area contributed by atoms with Gasteiger partial charge in [-0.15, -0.1) is 0 Å². The van der Waals surface area contributed by atoms with Gasteiger partial charge in [-0.2, -0.15) is 0 Å². The highest BCUT2D eigenvalue weighted by molar-refractivity contribution is 5.77. The number of carbonyl (C=O) groups is 1. The molecule has 1 aliphatic rings. The lowest BCUT2D eigenvalue weighted by atomic mass is 9.75. The molecule has 0 bridgehead atoms. The van der Waals surface area contributed by atoms with Crippen LogP contribution in [0.4, 0.5) is 0 Å². The molecule has 0 radical (unpaired) electrons. The largest absolute Gasteiger partial charge is 0.380 e. The van der Waals surface area contributed by atoms with Crippen LogP contribution >= 0.6 is 0 Å². The highest BCUT2D eigenvalue weighted by Crippen LogP contribution is 2.32. The van der Waals surface area contributed by atoms with E-state index >= 15 is 0 Å². The minimum absolute atomic E-state index is 0.171. The Balaban J connectivity index is 2.30. The fraction of sp³-hybridized carbons (Fsp3) is 0.917. The first-order valence-electron chi connectivity index (χ1n) is 6.25. The van der Waals surface area contributed by atoms with Gasteiger partial charge in [0, 0.05) is 31.7 Å². The number of hydrogen-bond acceptors (Lipinski definition) is 3. The molecular formula is C12H24N2O2. The number of rotatable bonds is 7. The lowest BCUT2D eigenvalue weighted by molar-refractivity contribution is -0.133. The summed E-state index contributed by atoms with van der Waals surface area (Å²) in [6.45, 7) is 6.69. The standard InChI is InChI=1S/C12H24N2O2/c1-3-14(8-9-16-4-2)11(15)10-12(13)6-5-7-12/h3-10,13H2,1-2H3. The SMILES string of the molecule is CCOCCN(CC)C(=O)CC1(N)CCC1. The van der Waals surface area contributed by atoms with Crippen LogP contribution in [0.2, 0.25) is 0 Å². The van der Waals surface area contributed by atoms with E-state index in [0.29, 0.717) is 26.2 Å². The van der Waals surface area contributed by atoms with Crippen LogP contribution < -0.4 is 5.73 Å². The topological polar surface area (TPSA) is 55.6 Å². The van der Waals surface area contributed by atoms with Crippen molar-refractivity contribution in [1.29, 1.82) is 0 Å². The first-order chi connectivity index (χ1) is 7.61. The van der Waals surface area contributed by atoms with Crippen molar-refractivity contribution in [3.8, 4) is 0 Å². The van der Waals surface area contributed by atoms with Crippen molar-refractivity contribution in [2.75, 3.05) is 26.3 Å². The first-order valence-corrected chi connectivity index (χ1v) is 6.25. The predicted molar refractivity (Wildman–Crippen MR) is 64.1 cm³/mol. The van der Waals surface area contributed by atoms with Crippen molar-refractivity contribution < 1.29 is 9.53 Å². The van der Waals surface area contributed by atoms with Gasteiger partial charge in [-0.1, -0.05) is 0 Å². The van der Waals surface area contributed by atoms with Gasteiger partial charge in [0.05, 0.1) is 6.61 Å². The predicted octanol–water partition coefficient (Wildman–Crippen LogP) is 1.14. The quantitative estimate of drug-likeness (QED) is 0.665. The van der Waals surface area contributed by atoms with E-state index in [2.05, 4.69) is 0 Å². The third-order valence-electron chi connectivity index (χ3n) is 3.30. The second-order valence-electron chi connectivity index (χ2n) is 4.56. The van der Waals surface area contributed by atoms with E-state index in [1.54, 1.807) is 0 Å². The highest BCUT2D eigenvalue weighted by Gasteiger charge is 2.35. The normalized spacial score (nSPS) is 17.9. The molecule has 0 unspecified atom stereocenters. The van der Waals surface area contributed by atoms with Gasteiger partial charge in [0.25, 0.3) is 0 Å². The maximum atomic E-state index is 12.0. The molecule has 0 aromatic carbocycles. The van der Waals surface area contributed by atoms with Crippen molar-refractivity contribution >= 4 is 5.91 Å². The van der Waals surface area contributed by atoms with E-state index in [9.17, 15) is 4.79 Å². The molecule has 0 atom stereocenters. The summed E-state index contributed by atoms with van der Waals surface area (Å²) in [5, 5.41) is 0. The Morgan fingerprint density at radius 1 is 1.44 bits per heavy atom. The molecule has 1 aliphatic carbocycles. The number of nitrogens with two attached hydrogens (primary N) is 1. The van der Waals surface area contributed by atoms with Crippen LogP contribution in [0.3, 0.4) is 0 Å². The summed E-state index contributed by atoms with van der Waals surface area (Å²) >= 11 is 0. The van der Waals surface area contributed by atoms with Crippen LogP contribution in [0, 0.1) is 0 Å². The van der Waals surface area contributed by atoms with Gasteiger partial charge < -0.3 is 15.4 Å². The summed E-state index contributed by atoms with van der Waals surface area (Å²) in [5.74, 6) is 0.171. The van der Waals surface area contributed by atoms with Crippen molar-refractivity contribution in [2.45, 2.75) is 45.1 Å². The summed E-state index contributed by atoms with van der Waals surface area (Å²) in [4.78, 5) is 13.8. The zero-order valence-corrected chi connectivity index (χ0v) is 10.5. The molecule has 1 saturated carbocycles. The number of amides is 1. The molecule has 94 valence electrons. The van der Waals surface area contributed by atoms with E-state index in [-0.39, 0.29) is 11.4 Å². The number of likely N-dealkylation sites (N-methyl/N-ethyl adjacent to an activating group) is 1. The Kier molecular flexibility index (Phi) is 5.22. The van der Waals surface area contributed by atoms with Crippen LogP contribution in [0.15, 0.2) is 0 Å². The summed E-state index contributed by atoms with van der Waals surface area (Å²) in [7, 11) is 0. The third kappa shape index (κ3) is 3.76. The Morgan fingerprint density at radius 3 is 2.56 bits per heavy atom. The summed E-state index contributed by atoms with van der Waals surface area (Å²) in [6.07, 6.45) is 3.63. The highest BCUT2D eigenvalue weighted by atomic mass is 16.5. The Labute approximate surface area is 98.1 Å². The number of ether oxygens (including phenoxy) is 1. The van der Waals surface area contributed by atoms with Gasteiger partial charge in [0.2, 0.25) is 5.91 Å². The van der Waals surface area contributed by atoms with Gasteiger partial charge >= 0.3 is 0 Å². The molecule has 0 aromatic heterocycles. The lowest BCUT2D eigenvalue weighted by Crippen LogP contribution is -2.50. The van der Waals surface area contributed by atoms with Crippen molar-refractivity contribution in [2.24, 2.45) is 5.73 Å². The average Bonchev–Trinajstić information content (AvgIpc) is 2.22. The Hall–Kier alpha value is -0.610. The molecule has 0 heterocycles. The van der Waals surface area contributed by atoms with E-state index in [4.69, 9.17) is 10.5 Å². The van der Waals surface area contributed by atoms with Crippen molar-refractivity contribution in [3.63, 3.8) is 0 Å². The van der Waals surface area contributed by atoms with Gasteiger partial charge in [0.1, 0.15) is 0 Å². The molecule has 4 heteroatoms. The molecule has 0 spiro atoms. The lowest BCUT2D eigenvalue weighted by Gasteiger charge is -2.38. The molecule has 1 fully saturated rings. The maximum Gasteiger partial charge on any atom is 0.224 e. The zero-order chi connectivity index (χ0) is 12.0. The molecule has 0 aliphatic heterocycles. The Bertz CT molecular complexity index is 227. The van der Waals surface area contributed by atoms with Crippen LogP contribution in [-0.2, 0) is 9.53 Å². The van der Waals surface area contributed by atoms with E-state index < -0.39 is 0 Å². The third-order valence-corrected chi connectivity index (χ3v) is 3.30. The molecular weight excluding hydrogens is 204 g/mol. The van der Waals surface area contributed by atoms with Gasteiger partial charge in [0.15, 0.2) is 0 Å². The van der Waals surface area contributed by atoms with Gasteiger partial charge in [-0.05, 0) is 33.1 Å². The van der Waals surface area contributed by atoms with Crippen molar-refractivity contribution in [1.82, 2.24) is 4.90 Å². The summed E-state index contributed by atoms with van der Waals surface area (Å²) in [5.41, 5.74) is 5.86. The minimum Gasteiger partial charge on any atom is -0.380 e. The fourth-order valence-corrected chi connectivity index (χ4v) is 2.00. The van der Waals surface area contributed by atoms with Crippen LogP contribution in [0.25, 0.3) is 0 Å². The number of nitrogens with zero attached hydrogens (tertiary/aromatic N) is 1. The van der Waals surface area contributed by atoms with E-state index in [0.717, 1.165) is 25.8 Å². The smallest absolute Gasteiger partial charge is 0.224 e. The zero-order valence-electron chi connectivity index (χ0n) is 10.5. The maximum absolute atomic E-state index is 12.0. The molecule has 1 amide bonds. The second-order valence-corrected chi connectivity index (χ2v) is 4.56. The molecule has 16 heavy (non-hydrogen) atoms. The first kappa shape index (κ1) is 13.5. The Morgan fingerprint density at radius 2 is 2.12 bits per heavy atom. The summed E-state index contributed by atoms with van der Waals surface area (Å²) in [6, 6.07) is 0. The van der Waals surface area contributed by atoms with Crippen LogP contribution in [0.1, 0.15) is 39.5 Å². The molecule has 0 aromatic rings. The number of hydrogen-bond donors (Lipinski definition) is 1.